The molecule has 7 heteroatoms. The molecule has 0 aliphatic carbocycles. The highest BCUT2D eigenvalue weighted by Gasteiger charge is 2.18. The maximum atomic E-state index is 12.3. The van der Waals surface area contributed by atoms with Crippen LogP contribution in [0.4, 0.5) is 4.79 Å². The summed E-state index contributed by atoms with van der Waals surface area (Å²) in [6, 6.07) is 20.6. The molecule has 6 nitrogen and oxygen atoms in total. The van der Waals surface area contributed by atoms with Gasteiger partial charge in [0.15, 0.2) is 0 Å². The van der Waals surface area contributed by atoms with Gasteiger partial charge in [0.25, 0.3) is 0 Å². The lowest BCUT2D eigenvalue weighted by Crippen LogP contribution is -2.36. The van der Waals surface area contributed by atoms with Gasteiger partial charge in [0.2, 0.25) is 5.91 Å². The number of hydrogen-bond donors (Lipinski definition) is 3. The van der Waals surface area contributed by atoms with Crippen LogP contribution < -0.4 is 21.1 Å². The number of nitrogens with one attached hydrogen (secondary N) is 2. The average molecular weight is 424 g/mol. The van der Waals surface area contributed by atoms with E-state index in [2.05, 4.69) is 10.6 Å². The number of rotatable bonds is 10. The molecular weight excluding hydrogens is 398 g/mol. The van der Waals surface area contributed by atoms with E-state index in [9.17, 15) is 9.59 Å². The molecule has 0 radical (unpaired) electrons. The molecule has 156 valence electrons. The smallest absolute Gasteiger partial charge is 0.312 e. The molecule has 0 spiro atoms. The summed E-state index contributed by atoms with van der Waals surface area (Å²) in [4.78, 5) is 24.4. The van der Waals surface area contributed by atoms with Gasteiger partial charge in [-0.3, -0.25) is 4.79 Å². The molecule has 0 fully saturated rings. The van der Waals surface area contributed by atoms with Gasteiger partial charge >= 0.3 is 6.03 Å². The predicted octanol–water partition coefficient (Wildman–Crippen LogP) is 3.79. The molecule has 0 saturated heterocycles. The van der Waals surface area contributed by atoms with Crippen molar-refractivity contribution in [3.8, 4) is 5.75 Å². The van der Waals surface area contributed by atoms with Crippen LogP contribution >= 0.6 is 11.3 Å². The normalized spacial score (nSPS) is 11.5. The number of benzene rings is 2. The van der Waals surface area contributed by atoms with Crippen LogP contribution in [0, 0.1) is 0 Å². The van der Waals surface area contributed by atoms with Gasteiger partial charge in [-0.25, -0.2) is 4.79 Å². The Morgan fingerprint density at radius 1 is 0.967 bits per heavy atom. The van der Waals surface area contributed by atoms with Crippen molar-refractivity contribution >= 4 is 23.3 Å². The number of nitrogens with two attached hydrogens (primary N) is 1. The second kappa shape index (κ2) is 11.0. The van der Waals surface area contributed by atoms with Crippen molar-refractivity contribution in [2.45, 2.75) is 25.5 Å². The zero-order valence-corrected chi connectivity index (χ0v) is 17.4. The van der Waals surface area contributed by atoms with E-state index in [1.807, 2.05) is 72.1 Å². The molecule has 1 aromatic heterocycles. The number of carbonyl (C=O) groups excluding carboxylic acids is 2. The fourth-order valence-corrected chi connectivity index (χ4v) is 3.76. The minimum atomic E-state index is -0.643. The molecule has 30 heavy (non-hydrogen) atoms. The lowest BCUT2D eigenvalue weighted by molar-refractivity contribution is -0.121. The lowest BCUT2D eigenvalue weighted by atomic mass is 10.1. The zero-order valence-electron chi connectivity index (χ0n) is 16.5. The van der Waals surface area contributed by atoms with Crippen molar-refractivity contribution in [2.75, 3.05) is 6.54 Å². The molecule has 1 atom stereocenters. The van der Waals surface area contributed by atoms with Gasteiger partial charge in [-0.2, -0.15) is 0 Å². The van der Waals surface area contributed by atoms with Crippen LogP contribution in [0.2, 0.25) is 0 Å². The van der Waals surface area contributed by atoms with Gasteiger partial charge in [-0.05, 0) is 41.1 Å². The summed E-state index contributed by atoms with van der Waals surface area (Å²) < 4.78 is 5.79. The van der Waals surface area contributed by atoms with Crippen LogP contribution in [0.15, 0.2) is 72.1 Å². The van der Waals surface area contributed by atoms with E-state index < -0.39 is 12.1 Å². The highest BCUT2D eigenvalue weighted by atomic mass is 32.1. The number of thiophene rings is 1. The SMILES string of the molecule is NC(=O)NC(CC(=O)NCCc1ccc(OCc2ccccc2)cc1)c1cccs1. The third-order valence-electron chi connectivity index (χ3n) is 4.50. The molecule has 0 aliphatic rings. The molecule has 0 bridgehead atoms. The Morgan fingerprint density at radius 2 is 1.73 bits per heavy atom. The Morgan fingerprint density at radius 3 is 2.40 bits per heavy atom. The Bertz CT molecular complexity index is 928. The Hall–Kier alpha value is -3.32. The van der Waals surface area contributed by atoms with Crippen LogP contribution in [-0.4, -0.2) is 18.5 Å². The molecule has 3 aromatic rings. The van der Waals surface area contributed by atoms with Gasteiger partial charge in [-0.1, -0.05) is 48.5 Å². The summed E-state index contributed by atoms with van der Waals surface area (Å²) >= 11 is 1.48. The van der Waals surface area contributed by atoms with Crippen molar-refractivity contribution in [1.82, 2.24) is 10.6 Å². The van der Waals surface area contributed by atoms with Gasteiger partial charge in [0, 0.05) is 11.4 Å². The second-order valence-corrected chi connectivity index (χ2v) is 7.78. The minimum Gasteiger partial charge on any atom is -0.489 e. The number of carbonyl (C=O) groups is 2. The highest BCUT2D eigenvalue weighted by molar-refractivity contribution is 7.10. The number of ether oxygens (including phenoxy) is 1. The maximum absolute atomic E-state index is 12.3. The van der Waals surface area contributed by atoms with E-state index in [1.165, 1.54) is 11.3 Å². The molecule has 4 N–H and O–H groups in total. The van der Waals surface area contributed by atoms with Gasteiger partial charge < -0.3 is 21.1 Å². The van der Waals surface area contributed by atoms with Crippen LogP contribution in [-0.2, 0) is 17.8 Å². The molecule has 3 rings (SSSR count). The number of primary amides is 1. The van der Waals surface area contributed by atoms with Crippen molar-refractivity contribution in [3.05, 3.63) is 88.1 Å². The van der Waals surface area contributed by atoms with Gasteiger partial charge in [-0.15, -0.1) is 11.3 Å². The number of amides is 3. The van der Waals surface area contributed by atoms with Crippen molar-refractivity contribution in [1.29, 1.82) is 0 Å². The average Bonchev–Trinajstić information content (AvgIpc) is 3.28. The van der Waals surface area contributed by atoms with Crippen molar-refractivity contribution in [2.24, 2.45) is 5.73 Å². The fourth-order valence-electron chi connectivity index (χ4n) is 2.98. The Kier molecular flexibility index (Phi) is 7.86. The van der Waals surface area contributed by atoms with E-state index in [4.69, 9.17) is 10.5 Å². The van der Waals surface area contributed by atoms with E-state index in [0.29, 0.717) is 19.6 Å². The van der Waals surface area contributed by atoms with E-state index >= 15 is 0 Å². The highest BCUT2D eigenvalue weighted by Crippen LogP contribution is 2.22. The number of urea groups is 1. The van der Waals surface area contributed by atoms with Crippen LogP contribution in [0.3, 0.4) is 0 Å². The first-order valence-electron chi connectivity index (χ1n) is 9.72. The van der Waals surface area contributed by atoms with Gasteiger partial charge in [0.1, 0.15) is 12.4 Å². The molecule has 0 saturated carbocycles. The van der Waals surface area contributed by atoms with Gasteiger partial charge in [0.05, 0.1) is 12.5 Å². The lowest BCUT2D eigenvalue weighted by Gasteiger charge is -2.16. The summed E-state index contributed by atoms with van der Waals surface area (Å²) in [6.45, 7) is 1.04. The zero-order chi connectivity index (χ0) is 21.2. The second-order valence-electron chi connectivity index (χ2n) is 6.80. The molecule has 2 aromatic carbocycles. The summed E-state index contributed by atoms with van der Waals surface area (Å²) in [6.07, 6.45) is 0.855. The largest absolute Gasteiger partial charge is 0.489 e. The summed E-state index contributed by atoms with van der Waals surface area (Å²) in [5.41, 5.74) is 7.46. The quantitative estimate of drug-likeness (QED) is 0.463. The van der Waals surface area contributed by atoms with Crippen LogP contribution in [0.5, 0.6) is 5.75 Å². The predicted molar refractivity (Wildman–Crippen MR) is 118 cm³/mol. The maximum Gasteiger partial charge on any atom is 0.312 e. The monoisotopic (exact) mass is 423 g/mol. The first-order chi connectivity index (χ1) is 14.6. The summed E-state index contributed by atoms with van der Waals surface area (Å²) in [7, 11) is 0. The fraction of sp³-hybridized carbons (Fsp3) is 0.217. The van der Waals surface area contributed by atoms with E-state index in [-0.39, 0.29) is 12.3 Å². The Labute approximate surface area is 180 Å². The minimum absolute atomic E-state index is 0.134. The Balaban J connectivity index is 1.41. The molecule has 1 unspecified atom stereocenters. The van der Waals surface area contributed by atoms with E-state index in [1.54, 1.807) is 0 Å². The third-order valence-corrected chi connectivity index (χ3v) is 5.49. The van der Waals surface area contributed by atoms with Crippen molar-refractivity contribution in [3.63, 3.8) is 0 Å². The topological polar surface area (TPSA) is 93.5 Å². The third kappa shape index (κ3) is 6.93. The first kappa shape index (κ1) is 21.4. The van der Waals surface area contributed by atoms with Crippen LogP contribution in [0.25, 0.3) is 0 Å². The molecule has 3 amide bonds. The van der Waals surface area contributed by atoms with Crippen LogP contribution in [0.1, 0.15) is 28.5 Å². The number of hydrogen-bond acceptors (Lipinski definition) is 4. The first-order valence-corrected chi connectivity index (χ1v) is 10.6. The van der Waals surface area contributed by atoms with E-state index in [0.717, 1.165) is 21.8 Å². The molecule has 1 heterocycles. The summed E-state index contributed by atoms with van der Waals surface area (Å²) in [5, 5.41) is 7.43. The van der Waals surface area contributed by atoms with Crippen molar-refractivity contribution < 1.29 is 14.3 Å². The standard InChI is InChI=1S/C23H25N3O3S/c24-23(28)26-20(21-7-4-14-30-21)15-22(27)25-13-12-17-8-10-19(11-9-17)29-16-18-5-2-1-3-6-18/h1-11,14,20H,12-13,15-16H2,(H,25,27)(H3,24,26,28). The molecule has 0 aliphatic heterocycles. The summed E-state index contributed by atoms with van der Waals surface area (Å²) in [5.74, 6) is 0.674. The molecular formula is C23H25N3O3S.